The number of aryl methyl sites for hydroxylation is 1. The van der Waals surface area contributed by atoms with Gasteiger partial charge in [0.05, 0.1) is 12.6 Å². The van der Waals surface area contributed by atoms with Gasteiger partial charge in [-0.25, -0.2) is 9.97 Å². The Morgan fingerprint density at radius 2 is 1.41 bits per heavy atom. The van der Waals surface area contributed by atoms with Gasteiger partial charge in [0.25, 0.3) is 0 Å². The molecule has 32 heavy (non-hydrogen) atoms. The van der Waals surface area contributed by atoms with Crippen molar-refractivity contribution >= 4 is 28.1 Å². The van der Waals surface area contributed by atoms with Crippen LogP contribution in [0.5, 0.6) is 5.75 Å². The van der Waals surface area contributed by atoms with E-state index in [2.05, 4.69) is 54.3 Å². The van der Waals surface area contributed by atoms with Gasteiger partial charge in [0.1, 0.15) is 11.6 Å². The van der Waals surface area contributed by atoms with Crippen LogP contribution in [0.4, 0.5) is 17.2 Å². The van der Waals surface area contributed by atoms with Crippen molar-refractivity contribution in [2.24, 2.45) is 0 Å². The van der Waals surface area contributed by atoms with Crippen LogP contribution in [0, 0.1) is 6.92 Å². The lowest BCUT2D eigenvalue weighted by Gasteiger charge is -2.26. The van der Waals surface area contributed by atoms with E-state index in [9.17, 15) is 0 Å². The fourth-order valence-electron chi connectivity index (χ4n) is 3.84. The average molecular weight is 418 g/mol. The second-order valence-electron chi connectivity index (χ2n) is 7.63. The Hall–Kier alpha value is -4.18. The number of hydrogen-bond donors (Lipinski definition) is 0. The third-order valence-electron chi connectivity index (χ3n) is 5.42. The highest BCUT2D eigenvalue weighted by Crippen LogP contribution is 2.38. The lowest BCUT2D eigenvalue weighted by Crippen LogP contribution is -2.13. The molecule has 4 heteroatoms. The van der Waals surface area contributed by atoms with E-state index in [1.54, 1.807) is 7.11 Å². The van der Waals surface area contributed by atoms with Gasteiger partial charge in [-0.1, -0.05) is 42.5 Å². The summed E-state index contributed by atoms with van der Waals surface area (Å²) in [5.74, 6) is 2.33. The first-order valence-corrected chi connectivity index (χ1v) is 10.6. The second-order valence-corrected chi connectivity index (χ2v) is 7.63. The summed E-state index contributed by atoms with van der Waals surface area (Å²) in [6, 6.07) is 34.8. The van der Waals surface area contributed by atoms with E-state index in [0.717, 1.165) is 39.4 Å². The maximum Gasteiger partial charge on any atom is 0.162 e. The molecule has 0 unspecified atom stereocenters. The van der Waals surface area contributed by atoms with Crippen molar-refractivity contribution in [3.63, 3.8) is 0 Å². The van der Waals surface area contributed by atoms with E-state index >= 15 is 0 Å². The van der Waals surface area contributed by atoms with E-state index in [1.807, 2.05) is 60.7 Å². The van der Waals surface area contributed by atoms with E-state index in [4.69, 9.17) is 14.7 Å². The molecule has 156 valence electrons. The molecule has 0 spiro atoms. The van der Waals surface area contributed by atoms with Crippen LogP contribution in [0.2, 0.25) is 0 Å². The standard InChI is InChI=1S/C28H23N3O/c1-20-9-8-12-23(19-20)31(22-10-4-3-5-11-22)28-25-13-6-7-14-26(25)29-27(30-28)21-15-17-24(32-2)18-16-21/h3-19H,1-2H3. The molecule has 1 heterocycles. The normalized spacial score (nSPS) is 10.8. The molecule has 0 fully saturated rings. The predicted octanol–water partition coefficient (Wildman–Crippen LogP) is 7.08. The first-order valence-electron chi connectivity index (χ1n) is 10.6. The van der Waals surface area contributed by atoms with Crippen molar-refractivity contribution < 1.29 is 4.74 Å². The number of rotatable bonds is 5. The van der Waals surface area contributed by atoms with Gasteiger partial charge < -0.3 is 4.74 Å². The highest BCUT2D eigenvalue weighted by Gasteiger charge is 2.19. The number of nitrogens with zero attached hydrogens (tertiary/aromatic N) is 3. The minimum Gasteiger partial charge on any atom is -0.497 e. The summed E-state index contributed by atoms with van der Waals surface area (Å²) in [5, 5.41) is 0.995. The molecule has 4 nitrogen and oxygen atoms in total. The minimum atomic E-state index is 0.676. The maximum absolute atomic E-state index is 5.32. The molecule has 5 aromatic rings. The summed E-state index contributed by atoms with van der Waals surface area (Å²) in [4.78, 5) is 12.2. The van der Waals surface area contributed by atoms with Gasteiger partial charge in [-0.3, -0.25) is 4.90 Å². The summed E-state index contributed by atoms with van der Waals surface area (Å²) in [6.45, 7) is 2.10. The maximum atomic E-state index is 5.32. The SMILES string of the molecule is COc1ccc(-c2nc(N(c3ccccc3)c3cccc(C)c3)c3ccccc3n2)cc1. The van der Waals surface area contributed by atoms with Gasteiger partial charge in [-0.15, -0.1) is 0 Å². The molecular formula is C28H23N3O. The molecule has 0 aliphatic rings. The average Bonchev–Trinajstić information content (AvgIpc) is 2.85. The van der Waals surface area contributed by atoms with Crippen molar-refractivity contribution in [2.75, 3.05) is 12.0 Å². The molecule has 0 aliphatic heterocycles. The minimum absolute atomic E-state index is 0.676. The molecule has 0 bridgehead atoms. The molecule has 0 saturated heterocycles. The van der Waals surface area contributed by atoms with Gasteiger partial charge in [0.2, 0.25) is 0 Å². The molecular weight excluding hydrogens is 394 g/mol. The van der Waals surface area contributed by atoms with Crippen LogP contribution in [0.3, 0.4) is 0 Å². The summed E-state index contributed by atoms with van der Waals surface area (Å²) in [7, 11) is 1.67. The Morgan fingerprint density at radius 1 is 0.688 bits per heavy atom. The van der Waals surface area contributed by atoms with Crippen LogP contribution in [0.1, 0.15) is 5.56 Å². The second kappa shape index (κ2) is 8.52. The third-order valence-corrected chi connectivity index (χ3v) is 5.42. The Kier molecular flexibility index (Phi) is 5.26. The lowest BCUT2D eigenvalue weighted by atomic mass is 10.1. The molecule has 0 radical (unpaired) electrons. The Bertz CT molecular complexity index is 1370. The number of hydrogen-bond acceptors (Lipinski definition) is 4. The summed E-state index contributed by atoms with van der Waals surface area (Å²) in [5.41, 5.74) is 5.13. The molecule has 4 aromatic carbocycles. The van der Waals surface area contributed by atoms with Crippen molar-refractivity contribution in [3.8, 4) is 17.1 Å². The monoisotopic (exact) mass is 417 g/mol. The highest BCUT2D eigenvalue weighted by atomic mass is 16.5. The molecule has 0 atom stereocenters. The van der Waals surface area contributed by atoms with Gasteiger partial charge in [-0.2, -0.15) is 0 Å². The smallest absolute Gasteiger partial charge is 0.162 e. The third kappa shape index (κ3) is 3.79. The zero-order valence-corrected chi connectivity index (χ0v) is 18.1. The number of ether oxygens (including phenoxy) is 1. The quantitative estimate of drug-likeness (QED) is 0.306. The van der Waals surface area contributed by atoms with Gasteiger partial charge >= 0.3 is 0 Å². The van der Waals surface area contributed by atoms with Crippen molar-refractivity contribution in [1.29, 1.82) is 0 Å². The zero-order valence-electron chi connectivity index (χ0n) is 18.1. The van der Waals surface area contributed by atoms with Crippen LogP contribution < -0.4 is 9.64 Å². The van der Waals surface area contributed by atoms with Crippen LogP contribution in [0.25, 0.3) is 22.3 Å². The van der Waals surface area contributed by atoms with Gasteiger partial charge in [-0.05, 0) is 73.2 Å². The van der Waals surface area contributed by atoms with E-state index in [-0.39, 0.29) is 0 Å². The number of anilines is 3. The largest absolute Gasteiger partial charge is 0.497 e. The van der Waals surface area contributed by atoms with E-state index in [1.165, 1.54) is 5.56 Å². The topological polar surface area (TPSA) is 38.2 Å². The summed E-state index contributed by atoms with van der Waals surface area (Å²) in [6.07, 6.45) is 0. The van der Waals surface area contributed by atoms with Crippen LogP contribution >= 0.6 is 0 Å². The number of methoxy groups -OCH3 is 1. The van der Waals surface area contributed by atoms with Crippen LogP contribution in [-0.2, 0) is 0 Å². The first kappa shape index (κ1) is 19.8. The Balaban J connectivity index is 1.77. The molecule has 0 N–H and O–H groups in total. The molecule has 0 amide bonds. The lowest BCUT2D eigenvalue weighted by molar-refractivity contribution is 0.415. The molecule has 0 saturated carbocycles. The molecule has 1 aromatic heterocycles. The highest BCUT2D eigenvalue weighted by molar-refractivity contribution is 5.96. The van der Waals surface area contributed by atoms with Crippen molar-refractivity contribution in [2.45, 2.75) is 6.92 Å². The predicted molar refractivity (Wildman–Crippen MR) is 131 cm³/mol. The van der Waals surface area contributed by atoms with Crippen molar-refractivity contribution in [1.82, 2.24) is 9.97 Å². The van der Waals surface area contributed by atoms with E-state index in [0.29, 0.717) is 5.82 Å². The number of para-hydroxylation sites is 2. The Morgan fingerprint density at radius 3 is 2.16 bits per heavy atom. The zero-order chi connectivity index (χ0) is 21.9. The van der Waals surface area contributed by atoms with Crippen molar-refractivity contribution in [3.05, 3.63) is 109 Å². The van der Waals surface area contributed by atoms with Crippen LogP contribution in [-0.4, -0.2) is 17.1 Å². The number of fused-ring (bicyclic) bond motifs is 1. The molecule has 5 rings (SSSR count). The molecule has 0 aliphatic carbocycles. The summed E-state index contributed by atoms with van der Waals surface area (Å²) >= 11 is 0. The first-order chi connectivity index (χ1) is 15.7. The van der Waals surface area contributed by atoms with Gasteiger partial charge in [0, 0.05) is 22.3 Å². The van der Waals surface area contributed by atoms with E-state index < -0.39 is 0 Å². The fourth-order valence-corrected chi connectivity index (χ4v) is 3.84. The number of aromatic nitrogens is 2. The van der Waals surface area contributed by atoms with Crippen LogP contribution in [0.15, 0.2) is 103 Å². The fraction of sp³-hybridized carbons (Fsp3) is 0.0714. The number of benzene rings is 4. The van der Waals surface area contributed by atoms with Gasteiger partial charge in [0.15, 0.2) is 5.82 Å². The Labute approximate surface area is 187 Å². The summed E-state index contributed by atoms with van der Waals surface area (Å²) < 4.78 is 5.32.